The molecule has 3 aromatic carbocycles. The highest BCUT2D eigenvalue weighted by atomic mass is 127. The zero-order valence-electron chi connectivity index (χ0n) is 17.6. The molecule has 7 heteroatoms. The molecule has 3 rings (SSSR count). The highest BCUT2D eigenvalue weighted by Crippen LogP contribution is 2.26. The number of halogens is 1. The van der Waals surface area contributed by atoms with Crippen LogP contribution in [0.25, 0.3) is 0 Å². The highest BCUT2D eigenvalue weighted by Gasteiger charge is 2.45. The topological polar surface area (TPSA) is 87.9 Å². The van der Waals surface area contributed by atoms with E-state index in [1.165, 1.54) is 7.11 Å². The first-order chi connectivity index (χ1) is 15.4. The molecular weight excluding hydrogens is 521 g/mol. The normalized spacial score (nSPS) is 12.5. The average molecular weight is 545 g/mol. The maximum atomic E-state index is 12.8. The number of hydrogen-bond acceptors (Lipinski definition) is 6. The fourth-order valence-corrected chi connectivity index (χ4v) is 3.83. The smallest absolute Gasteiger partial charge is 0.338 e. The molecule has 3 aromatic rings. The van der Waals surface area contributed by atoms with Gasteiger partial charge in [-0.15, -0.1) is 0 Å². The molecule has 0 bridgehead atoms. The summed E-state index contributed by atoms with van der Waals surface area (Å²) in [5.74, 6) is -0.992. The number of esters is 2. The minimum atomic E-state index is -1.96. The second-order valence-electron chi connectivity index (χ2n) is 7.24. The number of carbonyl (C=O) groups is 2. The van der Waals surface area contributed by atoms with Gasteiger partial charge in [0.05, 0.1) is 10.7 Å². The maximum Gasteiger partial charge on any atom is 0.338 e. The Morgan fingerprint density at radius 2 is 1.44 bits per heavy atom. The molecule has 0 aliphatic carbocycles. The Balaban J connectivity index is 1.70. The molecule has 32 heavy (non-hydrogen) atoms. The number of benzene rings is 3. The van der Waals surface area contributed by atoms with E-state index < -0.39 is 17.5 Å². The minimum absolute atomic E-state index is 0.0133. The van der Waals surface area contributed by atoms with Gasteiger partial charge in [0.1, 0.15) is 19.0 Å². The molecule has 1 atom stereocenters. The van der Waals surface area contributed by atoms with Crippen LogP contribution in [0, 0.1) is 3.57 Å². The van der Waals surface area contributed by atoms with Crippen molar-refractivity contribution in [2.75, 3.05) is 7.11 Å². The van der Waals surface area contributed by atoms with Crippen molar-refractivity contribution in [2.24, 2.45) is 5.73 Å². The van der Waals surface area contributed by atoms with Crippen molar-refractivity contribution in [1.82, 2.24) is 0 Å². The third-order valence-electron chi connectivity index (χ3n) is 4.84. The summed E-state index contributed by atoms with van der Waals surface area (Å²) in [6.45, 7) is 0.449. The summed E-state index contributed by atoms with van der Waals surface area (Å²) >= 11 is 2.15. The molecule has 0 saturated carbocycles. The van der Waals surface area contributed by atoms with Crippen LogP contribution in [-0.2, 0) is 38.7 Å². The van der Waals surface area contributed by atoms with Gasteiger partial charge in [-0.2, -0.15) is 0 Å². The van der Waals surface area contributed by atoms with E-state index in [1.54, 1.807) is 12.1 Å². The summed E-state index contributed by atoms with van der Waals surface area (Å²) in [4.78, 5) is 25.2. The predicted octanol–water partition coefficient (Wildman–Crippen LogP) is 4.03. The molecule has 0 aromatic heterocycles. The van der Waals surface area contributed by atoms with Gasteiger partial charge in [-0.25, -0.2) is 9.59 Å². The summed E-state index contributed by atoms with van der Waals surface area (Å²) < 4.78 is 16.9. The molecule has 2 N–H and O–H groups in total. The Hall–Kier alpha value is -2.91. The fourth-order valence-electron chi connectivity index (χ4n) is 3.09. The van der Waals surface area contributed by atoms with E-state index in [-0.39, 0.29) is 13.0 Å². The zero-order chi connectivity index (χ0) is 23.0. The van der Waals surface area contributed by atoms with Crippen molar-refractivity contribution < 1.29 is 23.8 Å². The van der Waals surface area contributed by atoms with Gasteiger partial charge in [-0.05, 0) is 51.4 Å². The summed E-state index contributed by atoms with van der Waals surface area (Å²) in [5.41, 5.74) is 6.81. The summed E-state index contributed by atoms with van der Waals surface area (Å²) in [6, 6.07) is 24.4. The molecule has 0 aliphatic rings. The molecular formula is C25H24INO5. The van der Waals surface area contributed by atoms with E-state index in [0.717, 1.165) is 14.7 Å². The second kappa shape index (κ2) is 11.1. The third-order valence-corrected chi connectivity index (χ3v) is 5.69. The number of nitrogens with two attached hydrogens (primary N) is 1. The number of ether oxygens (including phenoxy) is 3. The molecule has 0 spiro atoms. The van der Waals surface area contributed by atoms with Crippen LogP contribution in [0.3, 0.4) is 0 Å². The third kappa shape index (κ3) is 6.08. The van der Waals surface area contributed by atoms with Crippen LogP contribution in [-0.4, -0.2) is 24.6 Å². The fraction of sp³-hybridized carbons (Fsp3) is 0.200. The molecule has 1 unspecified atom stereocenters. The Morgan fingerprint density at radius 1 is 0.844 bits per heavy atom. The molecule has 0 saturated heterocycles. The van der Waals surface area contributed by atoms with E-state index >= 15 is 0 Å². The van der Waals surface area contributed by atoms with Gasteiger partial charge in [-0.3, -0.25) is 0 Å². The lowest BCUT2D eigenvalue weighted by Crippen LogP contribution is -2.58. The second-order valence-corrected chi connectivity index (χ2v) is 8.40. The van der Waals surface area contributed by atoms with Gasteiger partial charge in [0, 0.05) is 6.42 Å². The quantitative estimate of drug-likeness (QED) is 0.248. The van der Waals surface area contributed by atoms with Gasteiger partial charge >= 0.3 is 11.9 Å². The molecule has 0 radical (unpaired) electrons. The lowest BCUT2D eigenvalue weighted by Gasteiger charge is -2.25. The summed E-state index contributed by atoms with van der Waals surface area (Å²) in [5, 5.41) is 0. The lowest BCUT2D eigenvalue weighted by atomic mass is 9.91. The average Bonchev–Trinajstić information content (AvgIpc) is 2.82. The molecule has 0 fully saturated rings. The van der Waals surface area contributed by atoms with E-state index in [1.807, 2.05) is 66.7 Å². The predicted molar refractivity (Wildman–Crippen MR) is 129 cm³/mol. The van der Waals surface area contributed by atoms with Crippen molar-refractivity contribution in [2.45, 2.75) is 25.2 Å². The van der Waals surface area contributed by atoms with Crippen LogP contribution in [0.1, 0.15) is 16.7 Å². The minimum Gasteiger partial charge on any atom is -0.488 e. The number of rotatable bonds is 9. The highest BCUT2D eigenvalue weighted by molar-refractivity contribution is 14.1. The molecule has 6 nitrogen and oxygen atoms in total. The van der Waals surface area contributed by atoms with Crippen molar-refractivity contribution in [3.63, 3.8) is 0 Å². The van der Waals surface area contributed by atoms with Crippen LogP contribution in [0.5, 0.6) is 5.75 Å². The molecule has 0 aliphatic heterocycles. The van der Waals surface area contributed by atoms with Gasteiger partial charge in [-0.1, -0.05) is 66.7 Å². The largest absolute Gasteiger partial charge is 0.488 e. The van der Waals surface area contributed by atoms with E-state index in [9.17, 15) is 9.59 Å². The van der Waals surface area contributed by atoms with Crippen molar-refractivity contribution in [1.29, 1.82) is 0 Å². The van der Waals surface area contributed by atoms with Crippen LogP contribution in [0.2, 0.25) is 0 Å². The Morgan fingerprint density at radius 3 is 2.00 bits per heavy atom. The first-order valence-electron chi connectivity index (χ1n) is 9.96. The van der Waals surface area contributed by atoms with Crippen molar-refractivity contribution in [3.8, 4) is 5.75 Å². The SMILES string of the molecule is COC(=O)C(N)(Cc1ccc(OCc2ccccc2)c(I)c1)C(=O)OCc1ccccc1. The first kappa shape index (κ1) is 23.7. The van der Waals surface area contributed by atoms with E-state index in [0.29, 0.717) is 17.9 Å². The van der Waals surface area contributed by atoms with Crippen LogP contribution >= 0.6 is 22.6 Å². The summed E-state index contributed by atoms with van der Waals surface area (Å²) in [6.07, 6.45) is -0.0672. The standard InChI is InChI=1S/C25H24INO5/c1-30-23(28)25(27,24(29)32-17-19-10-6-3-7-11-19)15-20-12-13-22(21(26)14-20)31-16-18-8-4-2-5-9-18/h2-14H,15-17,27H2,1H3. The Labute approximate surface area is 200 Å². The Kier molecular flexibility index (Phi) is 8.24. The van der Waals surface area contributed by atoms with Crippen LogP contribution in [0.4, 0.5) is 0 Å². The van der Waals surface area contributed by atoms with Crippen molar-refractivity contribution >= 4 is 34.5 Å². The van der Waals surface area contributed by atoms with Gasteiger partial charge in [0.25, 0.3) is 0 Å². The zero-order valence-corrected chi connectivity index (χ0v) is 19.8. The maximum absolute atomic E-state index is 12.8. The number of carbonyl (C=O) groups excluding carboxylic acids is 2. The Bertz CT molecular complexity index is 1060. The molecule has 166 valence electrons. The van der Waals surface area contributed by atoms with Crippen molar-refractivity contribution in [3.05, 3.63) is 99.1 Å². The van der Waals surface area contributed by atoms with Crippen LogP contribution < -0.4 is 10.5 Å². The van der Waals surface area contributed by atoms with Gasteiger partial charge in [0.2, 0.25) is 5.54 Å². The lowest BCUT2D eigenvalue weighted by molar-refractivity contribution is -0.163. The summed E-state index contributed by atoms with van der Waals surface area (Å²) in [7, 11) is 1.19. The molecule has 0 heterocycles. The monoisotopic (exact) mass is 545 g/mol. The van der Waals surface area contributed by atoms with Gasteiger partial charge < -0.3 is 19.9 Å². The van der Waals surface area contributed by atoms with Crippen LogP contribution in [0.15, 0.2) is 78.9 Å². The van der Waals surface area contributed by atoms with E-state index in [2.05, 4.69) is 22.6 Å². The number of hydrogen-bond donors (Lipinski definition) is 1. The first-order valence-corrected chi connectivity index (χ1v) is 11.0. The van der Waals surface area contributed by atoms with E-state index in [4.69, 9.17) is 19.9 Å². The number of methoxy groups -OCH3 is 1. The molecule has 0 amide bonds. The van der Waals surface area contributed by atoms with Gasteiger partial charge in [0.15, 0.2) is 0 Å².